The van der Waals surface area contributed by atoms with Crippen LogP contribution in [0.4, 0.5) is 0 Å². The molecule has 0 aliphatic rings. The van der Waals surface area contributed by atoms with E-state index in [0.29, 0.717) is 6.54 Å². The molecule has 0 aliphatic heterocycles. The lowest BCUT2D eigenvalue weighted by Gasteiger charge is -2.04. The maximum atomic E-state index is 5.54. The molecule has 0 fully saturated rings. The summed E-state index contributed by atoms with van der Waals surface area (Å²) in [5, 5.41) is 3.36. The molecule has 4 nitrogen and oxygen atoms in total. The molecule has 0 aliphatic carbocycles. The summed E-state index contributed by atoms with van der Waals surface area (Å²) in [6, 6.07) is 4.03. The van der Waals surface area contributed by atoms with Gasteiger partial charge in [0.15, 0.2) is 0 Å². The zero-order valence-corrected chi connectivity index (χ0v) is 9.70. The SMILES string of the molecule is NCc1cc(CNCc2cncs2)ccn1. The maximum Gasteiger partial charge on any atom is 0.0794 e. The second-order valence-electron chi connectivity index (χ2n) is 3.43. The van der Waals surface area contributed by atoms with Crippen LogP contribution in [0, 0.1) is 0 Å². The molecular weight excluding hydrogens is 220 g/mol. The number of pyridine rings is 1. The van der Waals surface area contributed by atoms with E-state index in [0.717, 1.165) is 18.8 Å². The first kappa shape index (κ1) is 11.2. The van der Waals surface area contributed by atoms with Gasteiger partial charge in [0.25, 0.3) is 0 Å². The molecule has 0 bridgehead atoms. The van der Waals surface area contributed by atoms with Crippen molar-refractivity contribution in [1.82, 2.24) is 15.3 Å². The summed E-state index contributed by atoms with van der Waals surface area (Å²) >= 11 is 1.66. The minimum atomic E-state index is 0.489. The molecule has 0 saturated carbocycles. The van der Waals surface area contributed by atoms with E-state index < -0.39 is 0 Å². The highest BCUT2D eigenvalue weighted by atomic mass is 32.1. The topological polar surface area (TPSA) is 63.8 Å². The smallest absolute Gasteiger partial charge is 0.0794 e. The summed E-state index contributed by atoms with van der Waals surface area (Å²) in [5.41, 5.74) is 9.51. The number of aromatic nitrogens is 2. The molecule has 2 aromatic rings. The van der Waals surface area contributed by atoms with Crippen molar-refractivity contribution < 1.29 is 0 Å². The first-order valence-electron chi connectivity index (χ1n) is 5.10. The van der Waals surface area contributed by atoms with Gasteiger partial charge in [0, 0.05) is 36.9 Å². The number of thiazole rings is 1. The predicted octanol–water partition coefficient (Wildman–Crippen LogP) is 1.29. The van der Waals surface area contributed by atoms with Gasteiger partial charge in [-0.2, -0.15) is 0 Å². The van der Waals surface area contributed by atoms with Crippen molar-refractivity contribution in [3.63, 3.8) is 0 Å². The first-order valence-corrected chi connectivity index (χ1v) is 5.98. The van der Waals surface area contributed by atoms with Crippen LogP contribution in [0.25, 0.3) is 0 Å². The third-order valence-electron chi connectivity index (χ3n) is 2.20. The average molecular weight is 234 g/mol. The Morgan fingerprint density at radius 3 is 3.06 bits per heavy atom. The van der Waals surface area contributed by atoms with Crippen LogP contribution in [0.1, 0.15) is 16.1 Å². The molecule has 5 heteroatoms. The van der Waals surface area contributed by atoms with E-state index in [1.54, 1.807) is 17.5 Å². The number of rotatable bonds is 5. The molecule has 2 aromatic heterocycles. The minimum absolute atomic E-state index is 0.489. The lowest BCUT2D eigenvalue weighted by atomic mass is 10.2. The fourth-order valence-electron chi connectivity index (χ4n) is 1.41. The van der Waals surface area contributed by atoms with Crippen molar-refractivity contribution in [2.75, 3.05) is 0 Å². The van der Waals surface area contributed by atoms with Crippen LogP contribution in [0.3, 0.4) is 0 Å². The van der Waals surface area contributed by atoms with Crippen LogP contribution in [-0.4, -0.2) is 9.97 Å². The van der Waals surface area contributed by atoms with Gasteiger partial charge in [0.2, 0.25) is 0 Å². The zero-order valence-electron chi connectivity index (χ0n) is 8.89. The van der Waals surface area contributed by atoms with Crippen LogP contribution in [-0.2, 0) is 19.6 Å². The van der Waals surface area contributed by atoms with Gasteiger partial charge >= 0.3 is 0 Å². The van der Waals surface area contributed by atoms with Crippen molar-refractivity contribution in [3.8, 4) is 0 Å². The molecule has 16 heavy (non-hydrogen) atoms. The summed E-state index contributed by atoms with van der Waals surface area (Å²) in [5.74, 6) is 0. The van der Waals surface area contributed by atoms with Gasteiger partial charge in [-0.1, -0.05) is 0 Å². The standard InChI is InChI=1S/C11H14N4S/c12-4-10-3-9(1-2-15-10)5-13-6-11-7-14-8-16-11/h1-3,7-8,13H,4-6,12H2. The molecule has 2 heterocycles. The van der Waals surface area contributed by atoms with Crippen LogP contribution >= 0.6 is 11.3 Å². The van der Waals surface area contributed by atoms with Gasteiger partial charge < -0.3 is 11.1 Å². The van der Waals surface area contributed by atoms with Gasteiger partial charge in [-0.3, -0.25) is 9.97 Å². The van der Waals surface area contributed by atoms with E-state index in [4.69, 9.17) is 5.73 Å². The summed E-state index contributed by atoms with van der Waals surface area (Å²) in [6.45, 7) is 2.17. The third kappa shape index (κ3) is 3.10. The molecule has 0 unspecified atom stereocenters. The van der Waals surface area contributed by atoms with Gasteiger partial charge in [-0.05, 0) is 17.7 Å². The Kier molecular flexibility index (Phi) is 3.98. The van der Waals surface area contributed by atoms with Crippen molar-refractivity contribution in [3.05, 3.63) is 46.2 Å². The number of nitrogens with two attached hydrogens (primary N) is 1. The molecule has 0 radical (unpaired) electrons. The number of hydrogen-bond acceptors (Lipinski definition) is 5. The summed E-state index contributed by atoms with van der Waals surface area (Å²) in [7, 11) is 0. The second kappa shape index (κ2) is 5.69. The highest BCUT2D eigenvalue weighted by Crippen LogP contribution is 2.05. The normalized spacial score (nSPS) is 10.6. The van der Waals surface area contributed by atoms with E-state index in [2.05, 4.69) is 15.3 Å². The van der Waals surface area contributed by atoms with E-state index in [-0.39, 0.29) is 0 Å². The molecular formula is C11H14N4S. The summed E-state index contributed by atoms with van der Waals surface area (Å²) < 4.78 is 0. The lowest BCUT2D eigenvalue weighted by Crippen LogP contribution is -2.12. The van der Waals surface area contributed by atoms with Gasteiger partial charge in [-0.25, -0.2) is 0 Å². The van der Waals surface area contributed by atoms with Crippen molar-refractivity contribution >= 4 is 11.3 Å². The molecule has 2 rings (SSSR count). The highest BCUT2D eigenvalue weighted by Gasteiger charge is 1.97. The first-order chi connectivity index (χ1) is 7.88. The molecule has 0 atom stereocenters. The van der Waals surface area contributed by atoms with Crippen molar-refractivity contribution in [2.24, 2.45) is 5.73 Å². The van der Waals surface area contributed by atoms with Gasteiger partial charge in [0.1, 0.15) is 0 Å². The minimum Gasteiger partial charge on any atom is -0.325 e. The Labute approximate surface area is 98.6 Å². The Morgan fingerprint density at radius 2 is 2.31 bits per heavy atom. The average Bonchev–Trinajstić information content (AvgIpc) is 2.82. The van der Waals surface area contributed by atoms with Gasteiger partial charge in [0.05, 0.1) is 11.2 Å². The molecule has 0 saturated heterocycles. The molecule has 3 N–H and O–H groups in total. The fourth-order valence-corrected chi connectivity index (χ4v) is 1.97. The van der Waals surface area contributed by atoms with Crippen LogP contribution < -0.4 is 11.1 Å². The predicted molar refractivity (Wildman–Crippen MR) is 64.8 cm³/mol. The van der Waals surface area contributed by atoms with E-state index >= 15 is 0 Å². The fraction of sp³-hybridized carbons (Fsp3) is 0.273. The van der Waals surface area contributed by atoms with Crippen LogP contribution in [0.15, 0.2) is 30.0 Å². The third-order valence-corrected chi connectivity index (χ3v) is 2.98. The molecule has 0 amide bonds. The van der Waals surface area contributed by atoms with E-state index in [1.165, 1.54) is 10.4 Å². The summed E-state index contributed by atoms with van der Waals surface area (Å²) in [4.78, 5) is 9.43. The maximum absolute atomic E-state index is 5.54. The number of nitrogens with zero attached hydrogens (tertiary/aromatic N) is 2. The van der Waals surface area contributed by atoms with Gasteiger partial charge in [-0.15, -0.1) is 11.3 Å². The number of hydrogen-bond donors (Lipinski definition) is 2. The zero-order chi connectivity index (χ0) is 11.2. The Morgan fingerprint density at radius 1 is 1.38 bits per heavy atom. The number of nitrogens with one attached hydrogen (secondary N) is 1. The summed E-state index contributed by atoms with van der Waals surface area (Å²) in [6.07, 6.45) is 3.68. The Bertz CT molecular complexity index is 427. The van der Waals surface area contributed by atoms with E-state index in [9.17, 15) is 0 Å². The Hall–Kier alpha value is -1.30. The lowest BCUT2D eigenvalue weighted by molar-refractivity contribution is 0.698. The Balaban J connectivity index is 1.85. The largest absolute Gasteiger partial charge is 0.325 e. The molecule has 0 spiro atoms. The molecule has 0 aromatic carbocycles. The quantitative estimate of drug-likeness (QED) is 0.818. The van der Waals surface area contributed by atoms with Crippen molar-refractivity contribution in [2.45, 2.75) is 19.6 Å². The van der Waals surface area contributed by atoms with Crippen LogP contribution in [0.5, 0.6) is 0 Å². The van der Waals surface area contributed by atoms with E-state index in [1.807, 2.05) is 23.8 Å². The van der Waals surface area contributed by atoms with Crippen molar-refractivity contribution in [1.29, 1.82) is 0 Å². The monoisotopic (exact) mass is 234 g/mol. The van der Waals surface area contributed by atoms with Crippen LogP contribution in [0.2, 0.25) is 0 Å². The second-order valence-corrected chi connectivity index (χ2v) is 4.40. The highest BCUT2D eigenvalue weighted by molar-refractivity contribution is 7.09. The molecule has 84 valence electrons.